The number of fused-ring (bicyclic) bond motifs is 6. The van der Waals surface area contributed by atoms with Crippen LogP contribution in [0.5, 0.6) is 0 Å². The van der Waals surface area contributed by atoms with Crippen molar-refractivity contribution in [1.29, 1.82) is 0 Å². The van der Waals surface area contributed by atoms with E-state index in [9.17, 15) is 0 Å². The average molecular weight is 978 g/mol. The number of aromatic nitrogens is 2. The molecule has 5 heterocycles. The molecule has 6 nitrogen and oxygen atoms in total. The van der Waals surface area contributed by atoms with E-state index in [1.165, 1.54) is 54.3 Å². The van der Waals surface area contributed by atoms with Crippen molar-refractivity contribution in [2.24, 2.45) is 0 Å². The van der Waals surface area contributed by atoms with Crippen molar-refractivity contribution in [3.63, 3.8) is 0 Å². The summed E-state index contributed by atoms with van der Waals surface area (Å²) >= 11 is 14.1. The molecule has 0 bridgehead atoms. The molecule has 0 atom stereocenters. The second-order valence-corrected chi connectivity index (χ2v) is 20.8. The van der Waals surface area contributed by atoms with Crippen molar-refractivity contribution in [1.82, 2.24) is 19.8 Å². The van der Waals surface area contributed by atoms with Crippen molar-refractivity contribution in [3.05, 3.63) is 213 Å². The van der Waals surface area contributed by atoms with E-state index in [-0.39, 0.29) is 0 Å². The van der Waals surface area contributed by atoms with Gasteiger partial charge in [-0.05, 0) is 163 Å². The van der Waals surface area contributed by atoms with Gasteiger partial charge in [-0.1, -0.05) is 131 Å². The van der Waals surface area contributed by atoms with Crippen molar-refractivity contribution in [3.8, 4) is 0 Å². The van der Waals surface area contributed by atoms with Gasteiger partial charge < -0.3 is 20.4 Å². The fourth-order valence-corrected chi connectivity index (χ4v) is 12.4. The second kappa shape index (κ2) is 21.6. The first-order valence-electron chi connectivity index (χ1n) is 25.0. The van der Waals surface area contributed by atoms with Gasteiger partial charge in [0.15, 0.2) is 0 Å². The number of anilines is 2. The van der Waals surface area contributed by atoms with Gasteiger partial charge in [0.1, 0.15) is 0 Å². The van der Waals surface area contributed by atoms with Crippen LogP contribution >= 0.6 is 35.0 Å². The fourth-order valence-electron chi connectivity index (χ4n) is 10.9. The van der Waals surface area contributed by atoms with Gasteiger partial charge in [0.25, 0.3) is 0 Å². The summed E-state index contributed by atoms with van der Waals surface area (Å²) in [5.74, 6) is 0. The molecule has 0 amide bonds. The molecule has 0 unspecified atom stereocenters. The van der Waals surface area contributed by atoms with Crippen LogP contribution in [0.15, 0.2) is 179 Å². The molecule has 0 spiro atoms. The van der Waals surface area contributed by atoms with Crippen LogP contribution in [0, 0.1) is 0 Å². The average Bonchev–Trinajstić information content (AvgIpc) is 3.40. The van der Waals surface area contributed by atoms with Gasteiger partial charge in [-0.3, -0.25) is 9.97 Å². The predicted molar refractivity (Wildman–Crippen MR) is 296 cm³/mol. The molecule has 0 saturated carbocycles. The standard InChI is InChI=1S/C31H30ClN3.C30H28ClN3S/c32-25-10-11-28-29(12-16-34-30(28)21-25)33-15-5-17-35-18-13-22(14-19-35)31-26-8-3-1-6-23(26)20-24-7-2-4-9-27(24)31;31-22-10-11-23-26(12-16-33-27(23)20-22)32-15-5-17-34-18-13-21(14-19-34)30-24-6-1-3-8-28(24)35-29-9-4-2-7-25(29)30/h1-4,6-12,16,21H,5,13-15,17-20H2,(H,33,34);1-4,6-12,16,20H,5,13-15,17-19H2,(H,32,33). The second-order valence-electron chi connectivity index (χ2n) is 18.8. The van der Waals surface area contributed by atoms with Crippen LogP contribution in [0.25, 0.3) is 33.0 Å². The number of rotatable bonds is 10. The summed E-state index contributed by atoms with van der Waals surface area (Å²) in [6.45, 7) is 8.68. The molecule has 0 radical (unpaired) electrons. The molecule has 2 aromatic heterocycles. The van der Waals surface area contributed by atoms with E-state index in [0.717, 1.165) is 141 Å². The molecule has 3 aliphatic heterocycles. The molecule has 9 heteroatoms. The highest BCUT2D eigenvalue weighted by atomic mass is 35.5. The Hall–Kier alpha value is -5.93. The summed E-state index contributed by atoms with van der Waals surface area (Å²) in [6, 6.07) is 51.7. The highest BCUT2D eigenvalue weighted by Gasteiger charge is 2.27. The lowest BCUT2D eigenvalue weighted by molar-refractivity contribution is 0.256. The smallest absolute Gasteiger partial charge is 0.0737 e. The quantitative estimate of drug-likeness (QED) is 0.132. The first-order valence-corrected chi connectivity index (χ1v) is 26.6. The van der Waals surface area contributed by atoms with Crippen molar-refractivity contribution < 1.29 is 0 Å². The maximum Gasteiger partial charge on any atom is 0.0737 e. The monoisotopic (exact) mass is 976 g/mol. The van der Waals surface area contributed by atoms with Crippen LogP contribution in [0.2, 0.25) is 10.0 Å². The van der Waals surface area contributed by atoms with E-state index in [1.54, 1.807) is 11.1 Å². The molecule has 12 rings (SSSR count). The van der Waals surface area contributed by atoms with Gasteiger partial charge in [0, 0.05) is 93.6 Å². The zero-order valence-corrected chi connectivity index (χ0v) is 41.9. The van der Waals surface area contributed by atoms with Gasteiger partial charge in [-0.15, -0.1) is 0 Å². The van der Waals surface area contributed by atoms with Gasteiger partial charge in [0.05, 0.1) is 11.0 Å². The molecular formula is C61H58Cl2N6S. The van der Waals surface area contributed by atoms with Gasteiger partial charge in [-0.25, -0.2) is 0 Å². The van der Waals surface area contributed by atoms with Gasteiger partial charge in [0.2, 0.25) is 0 Å². The number of halogens is 2. The zero-order chi connectivity index (χ0) is 47.2. The molecular weight excluding hydrogens is 920 g/mol. The molecule has 8 aromatic rings. The minimum absolute atomic E-state index is 0.723. The Bertz CT molecular complexity index is 2920. The third-order valence-electron chi connectivity index (χ3n) is 14.5. The van der Waals surface area contributed by atoms with E-state index in [2.05, 4.69) is 134 Å². The topological polar surface area (TPSA) is 56.3 Å². The van der Waals surface area contributed by atoms with Crippen molar-refractivity contribution in [2.45, 2.75) is 54.7 Å². The maximum atomic E-state index is 6.12. The normalized spacial score (nSPS) is 15.7. The number of likely N-dealkylation sites (tertiary alicyclic amines) is 2. The number of pyridine rings is 2. The molecule has 1 aliphatic carbocycles. The minimum atomic E-state index is 0.723. The summed E-state index contributed by atoms with van der Waals surface area (Å²) in [6.07, 6.45) is 11.6. The molecule has 352 valence electrons. The largest absolute Gasteiger partial charge is 0.384 e. The highest BCUT2D eigenvalue weighted by molar-refractivity contribution is 7.99. The van der Waals surface area contributed by atoms with E-state index in [1.807, 2.05) is 66.6 Å². The van der Waals surface area contributed by atoms with Crippen LogP contribution in [0.4, 0.5) is 11.4 Å². The zero-order valence-electron chi connectivity index (χ0n) is 39.6. The molecule has 2 saturated heterocycles. The number of nitrogens with one attached hydrogen (secondary N) is 2. The van der Waals surface area contributed by atoms with E-state index < -0.39 is 0 Å². The molecule has 2 N–H and O–H groups in total. The Labute approximate surface area is 426 Å². The van der Waals surface area contributed by atoms with Crippen LogP contribution < -0.4 is 10.6 Å². The van der Waals surface area contributed by atoms with Crippen LogP contribution in [-0.4, -0.2) is 72.1 Å². The summed E-state index contributed by atoms with van der Waals surface area (Å²) in [7, 11) is 0. The first-order chi connectivity index (χ1) is 34.5. The Morgan fingerprint density at radius 1 is 0.471 bits per heavy atom. The van der Waals surface area contributed by atoms with Crippen LogP contribution in [0.3, 0.4) is 0 Å². The summed E-state index contributed by atoms with van der Waals surface area (Å²) < 4.78 is 0. The third-order valence-corrected chi connectivity index (χ3v) is 16.1. The minimum Gasteiger partial charge on any atom is -0.384 e. The van der Waals surface area contributed by atoms with Crippen LogP contribution in [0.1, 0.15) is 71.9 Å². The first kappa shape index (κ1) is 46.5. The summed E-state index contributed by atoms with van der Waals surface area (Å²) in [5.41, 5.74) is 19.0. The Balaban J connectivity index is 0.000000152. The van der Waals surface area contributed by atoms with E-state index in [0.29, 0.717) is 0 Å². The number of benzene rings is 6. The summed E-state index contributed by atoms with van der Waals surface area (Å²) in [4.78, 5) is 16.9. The Morgan fingerprint density at radius 2 is 0.886 bits per heavy atom. The lowest BCUT2D eigenvalue weighted by atomic mass is 9.78. The number of nitrogens with zero attached hydrogens (tertiary/aromatic N) is 4. The van der Waals surface area contributed by atoms with Gasteiger partial charge in [-0.2, -0.15) is 0 Å². The Morgan fingerprint density at radius 3 is 1.36 bits per heavy atom. The summed E-state index contributed by atoms with van der Waals surface area (Å²) in [5, 5.41) is 10.9. The predicted octanol–water partition coefficient (Wildman–Crippen LogP) is 14.9. The molecule has 6 aromatic carbocycles. The maximum absolute atomic E-state index is 6.12. The molecule has 4 aliphatic rings. The number of piperidine rings is 2. The van der Waals surface area contributed by atoms with Crippen molar-refractivity contribution >= 4 is 79.3 Å². The van der Waals surface area contributed by atoms with E-state index >= 15 is 0 Å². The van der Waals surface area contributed by atoms with Crippen LogP contribution in [-0.2, 0) is 6.42 Å². The van der Waals surface area contributed by atoms with Gasteiger partial charge >= 0.3 is 0 Å². The lowest BCUT2D eigenvalue weighted by Crippen LogP contribution is -2.33. The highest BCUT2D eigenvalue weighted by Crippen LogP contribution is 2.48. The third kappa shape index (κ3) is 10.3. The fraction of sp³-hybridized carbons (Fsp3) is 0.246. The molecule has 2 fully saturated rings. The lowest BCUT2D eigenvalue weighted by Gasteiger charge is -2.32. The van der Waals surface area contributed by atoms with E-state index in [4.69, 9.17) is 23.2 Å². The van der Waals surface area contributed by atoms with Crippen molar-refractivity contribution in [2.75, 3.05) is 63.0 Å². The Kier molecular flexibility index (Phi) is 14.3. The number of hydrogen-bond donors (Lipinski definition) is 2. The molecule has 70 heavy (non-hydrogen) atoms. The number of hydrogen-bond acceptors (Lipinski definition) is 7. The SMILES string of the molecule is Clc1ccc2c(NCCCN3CCC(=C4c5ccccc5Cc5ccccc54)CC3)ccnc2c1.Clc1ccc2c(NCCCN3CCC(=C4c5ccccc5Sc5ccccc54)CC3)ccnc2c1.